The van der Waals surface area contributed by atoms with E-state index in [9.17, 15) is 20.4 Å². The van der Waals surface area contributed by atoms with Crippen LogP contribution in [0, 0.1) is 0 Å². The predicted octanol–water partition coefficient (Wildman–Crippen LogP) is 4.85. The Morgan fingerprint density at radius 2 is 0.829 bits per heavy atom. The van der Waals surface area contributed by atoms with Crippen molar-refractivity contribution < 1.29 is 20.4 Å². The van der Waals surface area contributed by atoms with Crippen molar-refractivity contribution in [2.24, 2.45) is 0 Å². The minimum atomic E-state index is -0.867. The lowest BCUT2D eigenvalue weighted by molar-refractivity contribution is 0.401. The quantitative estimate of drug-likeness (QED) is 0.186. The Labute approximate surface area is 201 Å². The Bertz CT molecular complexity index is 1460. The number of nitrogens with two attached hydrogens (primary N) is 2. The molecular weight excluding hydrogens is 440 g/mol. The summed E-state index contributed by atoms with van der Waals surface area (Å²) in [4.78, 5) is 0. The Balaban J connectivity index is 1.69. The van der Waals surface area contributed by atoms with E-state index in [4.69, 9.17) is 11.5 Å². The van der Waals surface area contributed by atoms with Crippen molar-refractivity contribution in [1.29, 1.82) is 0 Å². The van der Waals surface area contributed by atoms with Crippen LogP contribution in [0.15, 0.2) is 84.9 Å². The third kappa shape index (κ3) is 2.97. The highest BCUT2D eigenvalue weighted by Crippen LogP contribution is 2.58. The molecular formula is C29H22N2O4. The molecule has 0 radical (unpaired) electrons. The molecule has 0 amide bonds. The highest BCUT2D eigenvalue weighted by molar-refractivity contribution is 5.97. The summed E-state index contributed by atoms with van der Waals surface area (Å²) >= 11 is 0. The van der Waals surface area contributed by atoms with E-state index < -0.39 is 5.41 Å². The molecule has 0 fully saturated rings. The molecule has 0 aromatic heterocycles. The second-order valence-corrected chi connectivity index (χ2v) is 9.00. The van der Waals surface area contributed by atoms with Crippen LogP contribution in [0.2, 0.25) is 0 Å². The fourth-order valence-corrected chi connectivity index (χ4v) is 5.20. The standard InChI is InChI=1S/C29H22N2O4/c30-17-5-1-15(2-6-17)21-13-29(23-11-27(34)25(32)9-19(21)23)14-22(16-3-7-18(31)8-4-16)20-10-26(33)28(35)12-24(20)29/h1-14,32-35H,30-31H2. The fraction of sp³-hybridized carbons (Fsp3) is 0.0345. The van der Waals surface area contributed by atoms with Gasteiger partial charge in [-0.15, -0.1) is 0 Å². The zero-order valence-electron chi connectivity index (χ0n) is 18.5. The van der Waals surface area contributed by atoms with E-state index >= 15 is 0 Å². The van der Waals surface area contributed by atoms with Crippen LogP contribution in [0.3, 0.4) is 0 Å². The van der Waals surface area contributed by atoms with Gasteiger partial charge >= 0.3 is 0 Å². The normalized spacial score (nSPS) is 15.0. The van der Waals surface area contributed by atoms with Gasteiger partial charge in [0, 0.05) is 11.4 Å². The van der Waals surface area contributed by atoms with Crippen molar-refractivity contribution in [3.8, 4) is 23.0 Å². The number of allylic oxidation sites excluding steroid dienone is 2. The van der Waals surface area contributed by atoms with Crippen molar-refractivity contribution >= 4 is 22.5 Å². The third-order valence-electron chi connectivity index (χ3n) is 6.89. The summed E-state index contributed by atoms with van der Waals surface area (Å²) in [5.74, 6) is -0.934. The molecule has 6 rings (SSSR count). The molecule has 2 aliphatic rings. The summed E-state index contributed by atoms with van der Waals surface area (Å²) in [6.07, 6.45) is 4.11. The maximum Gasteiger partial charge on any atom is 0.158 e. The van der Waals surface area contributed by atoms with Crippen molar-refractivity contribution in [3.63, 3.8) is 0 Å². The van der Waals surface area contributed by atoms with Gasteiger partial charge in [-0.2, -0.15) is 0 Å². The highest BCUT2D eigenvalue weighted by Gasteiger charge is 2.45. The van der Waals surface area contributed by atoms with Crippen LogP contribution in [0.25, 0.3) is 11.1 Å². The van der Waals surface area contributed by atoms with Crippen LogP contribution < -0.4 is 11.5 Å². The summed E-state index contributed by atoms with van der Waals surface area (Å²) in [5.41, 5.74) is 18.7. The molecule has 172 valence electrons. The van der Waals surface area contributed by atoms with Gasteiger partial charge in [-0.3, -0.25) is 0 Å². The molecule has 2 aliphatic carbocycles. The third-order valence-corrected chi connectivity index (χ3v) is 6.89. The number of rotatable bonds is 2. The van der Waals surface area contributed by atoms with Crippen LogP contribution in [0.1, 0.15) is 33.4 Å². The van der Waals surface area contributed by atoms with E-state index in [1.54, 1.807) is 24.3 Å². The number of aromatic hydroxyl groups is 4. The first-order chi connectivity index (χ1) is 16.8. The fourth-order valence-electron chi connectivity index (χ4n) is 5.20. The molecule has 6 nitrogen and oxygen atoms in total. The minimum Gasteiger partial charge on any atom is -0.504 e. The molecule has 0 atom stereocenters. The maximum absolute atomic E-state index is 10.5. The van der Waals surface area contributed by atoms with Gasteiger partial charge in [-0.05, 0) is 93.1 Å². The van der Waals surface area contributed by atoms with Gasteiger partial charge in [-0.25, -0.2) is 0 Å². The number of fused-ring (bicyclic) bond motifs is 4. The lowest BCUT2D eigenvalue weighted by Gasteiger charge is -2.24. The molecule has 0 heterocycles. The largest absolute Gasteiger partial charge is 0.504 e. The summed E-state index contributed by atoms with van der Waals surface area (Å²) in [5, 5.41) is 41.6. The summed E-state index contributed by atoms with van der Waals surface area (Å²) < 4.78 is 0. The van der Waals surface area contributed by atoms with E-state index in [0.717, 1.165) is 44.5 Å². The Kier molecular flexibility index (Phi) is 4.19. The van der Waals surface area contributed by atoms with Gasteiger partial charge < -0.3 is 31.9 Å². The molecule has 0 unspecified atom stereocenters. The molecule has 0 aliphatic heterocycles. The lowest BCUT2D eigenvalue weighted by Crippen LogP contribution is -2.18. The zero-order chi connectivity index (χ0) is 24.5. The highest BCUT2D eigenvalue weighted by atomic mass is 16.3. The van der Waals surface area contributed by atoms with E-state index in [1.807, 2.05) is 48.5 Å². The first-order valence-corrected chi connectivity index (χ1v) is 11.1. The average molecular weight is 463 g/mol. The van der Waals surface area contributed by atoms with Gasteiger partial charge in [-0.1, -0.05) is 36.4 Å². The number of benzene rings is 4. The first kappa shape index (κ1) is 20.7. The van der Waals surface area contributed by atoms with Gasteiger partial charge in [0.25, 0.3) is 0 Å². The average Bonchev–Trinajstić information content (AvgIpc) is 3.31. The van der Waals surface area contributed by atoms with Crippen LogP contribution in [0.4, 0.5) is 11.4 Å². The number of nitrogen functional groups attached to an aromatic ring is 2. The Morgan fingerprint density at radius 3 is 1.20 bits per heavy atom. The van der Waals surface area contributed by atoms with Crippen LogP contribution in [0.5, 0.6) is 23.0 Å². The molecule has 0 bridgehead atoms. The maximum atomic E-state index is 10.5. The number of phenols is 4. The van der Waals surface area contributed by atoms with E-state index in [1.165, 1.54) is 0 Å². The molecule has 8 N–H and O–H groups in total. The second-order valence-electron chi connectivity index (χ2n) is 9.00. The number of anilines is 2. The molecule has 0 saturated carbocycles. The van der Waals surface area contributed by atoms with Gasteiger partial charge in [0.1, 0.15) is 0 Å². The second kappa shape index (κ2) is 7.08. The number of phenolic OH excluding ortho intramolecular Hbond substituents is 4. The molecule has 4 aromatic carbocycles. The molecule has 1 spiro atoms. The monoisotopic (exact) mass is 462 g/mol. The SMILES string of the molecule is Nc1ccc(C2=CC3(C=C(c4ccc(N)cc4)c4cc(O)c(O)cc43)c3cc(O)c(O)cc32)cc1. The van der Waals surface area contributed by atoms with E-state index in [2.05, 4.69) is 12.2 Å². The van der Waals surface area contributed by atoms with Crippen molar-refractivity contribution in [3.05, 3.63) is 118 Å². The van der Waals surface area contributed by atoms with Crippen LogP contribution in [-0.4, -0.2) is 20.4 Å². The van der Waals surface area contributed by atoms with Gasteiger partial charge in [0.2, 0.25) is 0 Å². The molecule has 35 heavy (non-hydrogen) atoms. The van der Waals surface area contributed by atoms with Crippen molar-refractivity contribution in [2.75, 3.05) is 11.5 Å². The predicted molar refractivity (Wildman–Crippen MR) is 136 cm³/mol. The van der Waals surface area contributed by atoms with E-state index in [0.29, 0.717) is 11.4 Å². The topological polar surface area (TPSA) is 133 Å². The van der Waals surface area contributed by atoms with Crippen LogP contribution in [-0.2, 0) is 5.41 Å². The first-order valence-electron chi connectivity index (χ1n) is 11.1. The van der Waals surface area contributed by atoms with E-state index in [-0.39, 0.29) is 23.0 Å². The number of hydrogen-bond donors (Lipinski definition) is 6. The molecule has 4 aromatic rings. The Morgan fingerprint density at radius 1 is 0.486 bits per heavy atom. The number of hydrogen-bond acceptors (Lipinski definition) is 6. The van der Waals surface area contributed by atoms with Gasteiger partial charge in [0.05, 0.1) is 5.41 Å². The Hall–Kier alpha value is -4.84. The minimum absolute atomic E-state index is 0.225. The summed E-state index contributed by atoms with van der Waals surface area (Å²) in [6, 6.07) is 21.1. The van der Waals surface area contributed by atoms with Crippen molar-refractivity contribution in [1.82, 2.24) is 0 Å². The van der Waals surface area contributed by atoms with Gasteiger partial charge in [0.15, 0.2) is 23.0 Å². The lowest BCUT2D eigenvalue weighted by atomic mass is 9.78. The molecule has 6 heteroatoms. The van der Waals surface area contributed by atoms with Crippen molar-refractivity contribution in [2.45, 2.75) is 5.41 Å². The smallest absolute Gasteiger partial charge is 0.158 e. The summed E-state index contributed by atoms with van der Waals surface area (Å²) in [6.45, 7) is 0. The zero-order valence-corrected chi connectivity index (χ0v) is 18.5. The van der Waals surface area contributed by atoms with Crippen LogP contribution >= 0.6 is 0 Å². The molecule has 0 saturated heterocycles. The summed E-state index contributed by atoms with van der Waals surface area (Å²) in [7, 11) is 0.